The van der Waals surface area contributed by atoms with E-state index >= 15 is 0 Å². The molecule has 17 nitrogen and oxygen atoms in total. The van der Waals surface area contributed by atoms with E-state index in [-0.39, 0.29) is 38.3 Å². The van der Waals surface area contributed by atoms with Crippen molar-refractivity contribution in [1.82, 2.24) is 31.5 Å². The zero-order valence-electron chi connectivity index (χ0n) is 38.4. The van der Waals surface area contributed by atoms with Gasteiger partial charge in [-0.3, -0.25) is 24.0 Å². The van der Waals surface area contributed by atoms with Crippen molar-refractivity contribution in [3.8, 4) is 22.6 Å². The zero-order chi connectivity index (χ0) is 46.7. The number of carbonyl (C=O) groups is 7. The highest BCUT2D eigenvalue weighted by Gasteiger charge is 2.36. The molecule has 1 aliphatic rings. The molecule has 0 saturated carbocycles. The number of hydrogen-bond donors (Lipinski definition) is 5. The Balaban J connectivity index is 1.99. The summed E-state index contributed by atoms with van der Waals surface area (Å²) in [4.78, 5) is 94.8. The molecule has 2 aromatic carbocycles. The number of unbranched alkanes of at least 4 members (excludes halogenated alkanes) is 5. The number of alkyl carbamates (subject to hydrolysis) is 1. The van der Waals surface area contributed by atoms with E-state index in [0.29, 0.717) is 53.0 Å². The first-order chi connectivity index (χ1) is 29.9. The normalized spacial score (nSPS) is 16.8. The summed E-state index contributed by atoms with van der Waals surface area (Å²) >= 11 is 0. The third-order valence-corrected chi connectivity index (χ3v) is 10.5. The fourth-order valence-electron chi connectivity index (χ4n) is 7.14. The van der Waals surface area contributed by atoms with Crippen LogP contribution in [0.25, 0.3) is 11.1 Å². The maximum atomic E-state index is 14.7. The number of nitrogens with one attached hydrogen (secondary N) is 5. The number of hydrogen-bond acceptors (Lipinski definition) is 11. The van der Waals surface area contributed by atoms with Crippen molar-refractivity contribution in [1.29, 1.82) is 0 Å². The van der Waals surface area contributed by atoms with Gasteiger partial charge in [0, 0.05) is 50.5 Å². The van der Waals surface area contributed by atoms with Crippen LogP contribution >= 0.6 is 0 Å². The Labute approximate surface area is 371 Å². The molecule has 63 heavy (non-hydrogen) atoms. The van der Waals surface area contributed by atoms with E-state index < -0.39 is 65.5 Å². The van der Waals surface area contributed by atoms with Crippen molar-refractivity contribution in [3.05, 3.63) is 47.5 Å². The third kappa shape index (κ3) is 16.4. The van der Waals surface area contributed by atoms with Gasteiger partial charge in [0.2, 0.25) is 29.5 Å². The van der Waals surface area contributed by atoms with Gasteiger partial charge < -0.3 is 50.4 Å². The molecule has 4 bridgehead atoms. The molecule has 2 aromatic rings. The summed E-state index contributed by atoms with van der Waals surface area (Å²) in [6, 6.07) is 5.52. The second kappa shape index (κ2) is 25.3. The number of likely N-dealkylation sites (N-methyl/N-ethyl adjacent to an activating group) is 1. The first-order valence-electron chi connectivity index (χ1n) is 21.8. The third-order valence-electron chi connectivity index (χ3n) is 10.5. The fraction of sp³-hybridized carbons (Fsp3) is 0.587. The van der Waals surface area contributed by atoms with E-state index in [1.807, 2.05) is 0 Å². The summed E-state index contributed by atoms with van der Waals surface area (Å²) in [6.45, 7) is 9.15. The molecule has 0 unspecified atom stereocenters. The maximum Gasteiger partial charge on any atom is 0.407 e. The van der Waals surface area contributed by atoms with Crippen molar-refractivity contribution < 1.29 is 52.5 Å². The van der Waals surface area contributed by atoms with Gasteiger partial charge in [-0.15, -0.1) is 0 Å². The van der Waals surface area contributed by atoms with Gasteiger partial charge in [-0.2, -0.15) is 0 Å². The molecule has 1 aliphatic heterocycles. The molecule has 1 heterocycles. The second-order valence-corrected chi connectivity index (χ2v) is 16.7. The summed E-state index contributed by atoms with van der Waals surface area (Å²) < 4.78 is 21.8. The molecule has 0 radical (unpaired) electrons. The standard InChI is InChI=1S/C46H68N6O11/c1-10-11-12-13-14-18-38(53)47-25-23-39(54)50-34(17-15-16-24-48-45(59)63-46(3,4)5)43(57)52(6)40-31-20-22-37(61-8)33(28-31)32-26-30(19-21-36(32)60-7)27-35(44(58)62-9)51-41(55)29(2)49-42(40)56/h19-22,26,28-29,34-35,40H,10-18,23-25,27H2,1-9H3,(H,47,53)(H,48,59)(H,49,56)(H,50,54)(H,51,55)/t29-,34-,35-,40-/m0/s1. The number of rotatable bonds is 20. The molecular formula is C46H68N6O11. The van der Waals surface area contributed by atoms with Crippen LogP contribution in [0.5, 0.6) is 11.5 Å². The van der Waals surface area contributed by atoms with E-state index in [4.69, 9.17) is 18.9 Å². The minimum absolute atomic E-state index is 0.0631. The van der Waals surface area contributed by atoms with Gasteiger partial charge >= 0.3 is 12.1 Å². The van der Waals surface area contributed by atoms with E-state index in [1.165, 1.54) is 40.2 Å². The average Bonchev–Trinajstić information content (AvgIpc) is 3.23. The molecule has 4 atom stereocenters. The lowest BCUT2D eigenvalue weighted by molar-refractivity contribution is -0.145. The van der Waals surface area contributed by atoms with Crippen LogP contribution in [0.4, 0.5) is 4.79 Å². The number of nitrogens with zero attached hydrogens (tertiary/aromatic N) is 1. The lowest BCUT2D eigenvalue weighted by Crippen LogP contribution is -2.55. The first kappa shape index (κ1) is 51.5. The van der Waals surface area contributed by atoms with Crippen LogP contribution in [0, 0.1) is 0 Å². The quantitative estimate of drug-likeness (QED) is 0.0912. The van der Waals surface area contributed by atoms with E-state index in [9.17, 15) is 33.6 Å². The molecule has 0 spiro atoms. The highest BCUT2D eigenvalue weighted by molar-refractivity contribution is 5.96. The number of fused-ring (bicyclic) bond motifs is 5. The molecular weight excluding hydrogens is 813 g/mol. The van der Waals surface area contributed by atoms with Crippen LogP contribution in [0.3, 0.4) is 0 Å². The number of methoxy groups -OCH3 is 3. The Bertz CT molecular complexity index is 1900. The number of carbonyl (C=O) groups excluding carboxylic acids is 7. The van der Waals surface area contributed by atoms with Gasteiger partial charge in [0.05, 0.1) is 21.3 Å². The Hall–Kier alpha value is -5.87. The van der Waals surface area contributed by atoms with Crippen LogP contribution in [0.2, 0.25) is 0 Å². The van der Waals surface area contributed by atoms with Crippen LogP contribution in [-0.2, 0) is 44.7 Å². The summed E-state index contributed by atoms with van der Waals surface area (Å²) in [5.74, 6) is -2.46. The van der Waals surface area contributed by atoms with Gasteiger partial charge in [0.25, 0.3) is 0 Å². The van der Waals surface area contributed by atoms with Crippen molar-refractivity contribution in [2.75, 3.05) is 41.5 Å². The van der Waals surface area contributed by atoms with Gasteiger partial charge in [-0.1, -0.05) is 44.7 Å². The van der Waals surface area contributed by atoms with E-state index in [2.05, 4.69) is 33.5 Å². The maximum absolute atomic E-state index is 14.7. The zero-order valence-corrected chi connectivity index (χ0v) is 38.4. The van der Waals surface area contributed by atoms with Crippen molar-refractivity contribution in [3.63, 3.8) is 0 Å². The summed E-state index contributed by atoms with van der Waals surface area (Å²) in [7, 11) is 5.64. The predicted molar refractivity (Wildman–Crippen MR) is 237 cm³/mol. The number of esters is 1. The Kier molecular flexibility index (Phi) is 20.7. The molecule has 6 amide bonds. The summed E-state index contributed by atoms with van der Waals surface area (Å²) in [6.07, 6.45) is 5.67. The largest absolute Gasteiger partial charge is 0.496 e. The molecule has 0 aliphatic carbocycles. The molecule has 0 saturated heterocycles. The van der Waals surface area contributed by atoms with Crippen molar-refractivity contribution in [2.45, 2.75) is 135 Å². The Morgan fingerprint density at radius 2 is 1.46 bits per heavy atom. The SMILES string of the molecule is CCCCCCCC(=O)NCCC(=O)N[C@@H](CCCCNC(=O)OC(C)(C)C)C(=O)N(C)[C@@H]1C(=O)N[C@@H](C)C(=O)N[C@H](C(=O)OC)Cc2ccc(OC)c(c2)-c2cc1ccc2OC. The molecule has 3 rings (SSSR count). The minimum Gasteiger partial charge on any atom is -0.496 e. The van der Waals surface area contributed by atoms with Crippen LogP contribution in [0.15, 0.2) is 36.4 Å². The smallest absolute Gasteiger partial charge is 0.407 e. The van der Waals surface area contributed by atoms with Gasteiger partial charge in [-0.05, 0) is 88.8 Å². The fourth-order valence-corrected chi connectivity index (χ4v) is 7.14. The van der Waals surface area contributed by atoms with E-state index in [0.717, 1.165) is 32.1 Å². The second-order valence-electron chi connectivity index (χ2n) is 16.7. The van der Waals surface area contributed by atoms with Gasteiger partial charge in [0.15, 0.2) is 0 Å². The summed E-state index contributed by atoms with van der Waals surface area (Å²) in [5, 5.41) is 13.7. The van der Waals surface area contributed by atoms with Gasteiger partial charge in [0.1, 0.15) is 41.3 Å². The average molecular weight is 881 g/mol. The monoisotopic (exact) mass is 880 g/mol. The Morgan fingerprint density at radius 3 is 2.11 bits per heavy atom. The molecule has 17 heteroatoms. The number of ether oxygens (including phenoxy) is 4. The topological polar surface area (TPSA) is 220 Å². The lowest BCUT2D eigenvalue weighted by Gasteiger charge is -2.32. The molecule has 0 aromatic heterocycles. The number of amides is 6. The van der Waals surface area contributed by atoms with Crippen LogP contribution < -0.4 is 36.1 Å². The highest BCUT2D eigenvalue weighted by Crippen LogP contribution is 2.40. The minimum atomic E-state index is -1.35. The Morgan fingerprint density at radius 1 is 0.794 bits per heavy atom. The van der Waals surface area contributed by atoms with Gasteiger partial charge in [-0.25, -0.2) is 9.59 Å². The van der Waals surface area contributed by atoms with Crippen LogP contribution in [-0.4, -0.2) is 112 Å². The lowest BCUT2D eigenvalue weighted by atomic mass is 9.93. The van der Waals surface area contributed by atoms with Crippen molar-refractivity contribution >= 4 is 41.6 Å². The summed E-state index contributed by atoms with van der Waals surface area (Å²) in [5.41, 5.74) is 1.40. The number of benzene rings is 2. The van der Waals surface area contributed by atoms with E-state index in [1.54, 1.807) is 57.2 Å². The highest BCUT2D eigenvalue weighted by atomic mass is 16.6. The molecule has 348 valence electrons. The predicted octanol–water partition coefficient (Wildman–Crippen LogP) is 4.64. The van der Waals surface area contributed by atoms with Crippen LogP contribution in [0.1, 0.15) is 116 Å². The first-order valence-corrected chi connectivity index (χ1v) is 21.8. The van der Waals surface area contributed by atoms with Crippen molar-refractivity contribution in [2.24, 2.45) is 0 Å². The molecule has 0 fully saturated rings. The molecule has 5 N–H and O–H groups in total.